The van der Waals surface area contributed by atoms with Crippen LogP contribution in [0.5, 0.6) is 0 Å². The maximum Gasteiger partial charge on any atom is 0.0480 e. The molecular weight excluding hydrogens is 262 g/mol. The molecule has 0 saturated carbocycles. The highest BCUT2D eigenvalue weighted by molar-refractivity contribution is 5.08. The second kappa shape index (κ2) is 7.34. The summed E-state index contributed by atoms with van der Waals surface area (Å²) in [6, 6.07) is 5.68. The first-order valence-corrected chi connectivity index (χ1v) is 8.24. The molecule has 1 aromatic rings. The molecule has 116 valence electrons. The molecule has 0 N–H and O–H groups in total. The van der Waals surface area contributed by atoms with Crippen LogP contribution in [0, 0.1) is 0 Å². The van der Waals surface area contributed by atoms with E-state index < -0.39 is 0 Å². The third-order valence-electron chi connectivity index (χ3n) is 5.03. The lowest BCUT2D eigenvalue weighted by Crippen LogP contribution is -2.48. The number of nitrogens with zero attached hydrogens (tertiary/aromatic N) is 3. The Morgan fingerprint density at radius 1 is 1.19 bits per heavy atom. The minimum absolute atomic E-state index is 0.730. The van der Waals surface area contributed by atoms with Gasteiger partial charge in [0.25, 0.3) is 0 Å². The number of piperidine rings is 1. The van der Waals surface area contributed by atoms with Crippen LogP contribution < -0.4 is 0 Å². The summed E-state index contributed by atoms with van der Waals surface area (Å²) in [5, 5.41) is 0. The van der Waals surface area contributed by atoms with Crippen molar-refractivity contribution in [3.05, 3.63) is 30.1 Å². The summed E-state index contributed by atoms with van der Waals surface area (Å²) < 4.78 is 5.48. The summed E-state index contributed by atoms with van der Waals surface area (Å²) in [5.41, 5.74) is 1.33. The first-order chi connectivity index (χ1) is 10.3. The Labute approximate surface area is 128 Å². The molecule has 2 fully saturated rings. The number of pyridine rings is 1. The lowest BCUT2D eigenvalue weighted by Gasteiger charge is -2.41. The zero-order valence-corrected chi connectivity index (χ0v) is 13.1. The molecule has 4 heteroatoms. The van der Waals surface area contributed by atoms with Gasteiger partial charge in [-0.25, -0.2) is 0 Å². The minimum Gasteiger partial charge on any atom is -0.381 e. The summed E-state index contributed by atoms with van der Waals surface area (Å²) in [6.07, 6.45) is 8.81. The van der Waals surface area contributed by atoms with Crippen LogP contribution in [0.25, 0.3) is 0 Å². The van der Waals surface area contributed by atoms with Gasteiger partial charge in [0.05, 0.1) is 0 Å². The Morgan fingerprint density at radius 2 is 1.90 bits per heavy atom. The molecule has 0 amide bonds. The van der Waals surface area contributed by atoms with Crippen molar-refractivity contribution in [2.45, 2.75) is 44.3 Å². The Kier molecular flexibility index (Phi) is 5.22. The average Bonchev–Trinajstić information content (AvgIpc) is 2.57. The third kappa shape index (κ3) is 4.02. The normalized spacial score (nSPS) is 22.8. The zero-order valence-electron chi connectivity index (χ0n) is 13.1. The molecule has 2 aliphatic rings. The monoisotopic (exact) mass is 289 g/mol. The fourth-order valence-corrected chi connectivity index (χ4v) is 3.63. The molecule has 0 bridgehead atoms. The van der Waals surface area contributed by atoms with Crippen molar-refractivity contribution in [1.29, 1.82) is 0 Å². The molecule has 1 aromatic heterocycles. The predicted molar refractivity (Wildman–Crippen MR) is 84.1 cm³/mol. The lowest BCUT2D eigenvalue weighted by molar-refractivity contribution is 0.0144. The van der Waals surface area contributed by atoms with Crippen LogP contribution in [0.15, 0.2) is 24.5 Å². The maximum absolute atomic E-state index is 5.48. The van der Waals surface area contributed by atoms with Gasteiger partial charge in [-0.15, -0.1) is 0 Å². The summed E-state index contributed by atoms with van der Waals surface area (Å²) in [4.78, 5) is 9.40. The highest BCUT2D eigenvalue weighted by Gasteiger charge is 2.27. The molecule has 2 aliphatic heterocycles. The molecule has 0 unspecified atom stereocenters. The van der Waals surface area contributed by atoms with Gasteiger partial charge in [0, 0.05) is 44.2 Å². The Balaban J connectivity index is 1.46. The molecular formula is C17H27N3O. The van der Waals surface area contributed by atoms with Crippen molar-refractivity contribution in [3.8, 4) is 0 Å². The number of aromatic nitrogens is 1. The van der Waals surface area contributed by atoms with Crippen LogP contribution in [0.3, 0.4) is 0 Å². The van der Waals surface area contributed by atoms with Crippen molar-refractivity contribution < 1.29 is 4.74 Å². The second-order valence-electron chi connectivity index (χ2n) is 6.38. The molecule has 4 nitrogen and oxygen atoms in total. The highest BCUT2D eigenvalue weighted by Crippen LogP contribution is 2.22. The van der Waals surface area contributed by atoms with Gasteiger partial charge in [-0.2, -0.15) is 0 Å². The number of likely N-dealkylation sites (tertiary alicyclic amines) is 1. The van der Waals surface area contributed by atoms with Crippen LogP contribution in [0.1, 0.15) is 31.2 Å². The standard InChI is InChI=1S/C17H27N3O/c1-19(17-6-11-21-12-7-17)16-4-9-20(10-5-16)14-15-3-2-8-18-13-15/h2-3,8,13,16-17H,4-7,9-12,14H2,1H3. The number of hydrogen-bond donors (Lipinski definition) is 0. The van der Waals surface area contributed by atoms with E-state index in [4.69, 9.17) is 4.74 Å². The molecule has 0 atom stereocenters. The topological polar surface area (TPSA) is 28.6 Å². The highest BCUT2D eigenvalue weighted by atomic mass is 16.5. The van der Waals surface area contributed by atoms with Crippen LogP contribution in [0.2, 0.25) is 0 Å². The molecule has 0 spiro atoms. The number of hydrogen-bond acceptors (Lipinski definition) is 4. The van der Waals surface area contributed by atoms with Crippen LogP contribution in [0.4, 0.5) is 0 Å². The molecule has 3 heterocycles. The fourth-order valence-electron chi connectivity index (χ4n) is 3.63. The van der Waals surface area contributed by atoms with Gasteiger partial charge >= 0.3 is 0 Å². The van der Waals surface area contributed by atoms with Crippen LogP contribution in [-0.4, -0.2) is 60.2 Å². The van der Waals surface area contributed by atoms with Gasteiger partial charge in [0.15, 0.2) is 0 Å². The minimum atomic E-state index is 0.730. The lowest BCUT2D eigenvalue weighted by atomic mass is 9.98. The molecule has 0 aromatic carbocycles. The van der Waals surface area contributed by atoms with Crippen molar-refractivity contribution in [3.63, 3.8) is 0 Å². The fraction of sp³-hybridized carbons (Fsp3) is 0.706. The zero-order chi connectivity index (χ0) is 14.5. The molecule has 3 rings (SSSR count). The average molecular weight is 289 g/mol. The molecule has 21 heavy (non-hydrogen) atoms. The maximum atomic E-state index is 5.48. The smallest absolute Gasteiger partial charge is 0.0480 e. The number of rotatable bonds is 4. The van der Waals surface area contributed by atoms with E-state index >= 15 is 0 Å². The SMILES string of the molecule is CN(C1CCOCC1)C1CCN(Cc2cccnc2)CC1. The number of ether oxygens (including phenoxy) is 1. The van der Waals surface area contributed by atoms with Crippen LogP contribution in [-0.2, 0) is 11.3 Å². The van der Waals surface area contributed by atoms with Gasteiger partial charge in [-0.1, -0.05) is 6.07 Å². The van der Waals surface area contributed by atoms with E-state index in [1.807, 2.05) is 18.5 Å². The van der Waals surface area contributed by atoms with E-state index in [-0.39, 0.29) is 0 Å². The van der Waals surface area contributed by atoms with E-state index in [0.717, 1.165) is 31.8 Å². The van der Waals surface area contributed by atoms with E-state index in [1.165, 1.54) is 44.3 Å². The van der Waals surface area contributed by atoms with Gasteiger partial charge in [-0.3, -0.25) is 9.88 Å². The van der Waals surface area contributed by atoms with E-state index in [2.05, 4.69) is 27.9 Å². The van der Waals surface area contributed by atoms with Gasteiger partial charge in [-0.05, 0) is 57.5 Å². The largest absolute Gasteiger partial charge is 0.381 e. The molecule has 2 saturated heterocycles. The summed E-state index contributed by atoms with van der Waals surface area (Å²) in [7, 11) is 2.32. The van der Waals surface area contributed by atoms with Gasteiger partial charge in [0.2, 0.25) is 0 Å². The first kappa shape index (κ1) is 14.9. The summed E-state index contributed by atoms with van der Waals surface area (Å²) in [6.45, 7) is 5.32. The summed E-state index contributed by atoms with van der Waals surface area (Å²) >= 11 is 0. The van der Waals surface area contributed by atoms with Gasteiger partial charge < -0.3 is 9.64 Å². The Hall–Kier alpha value is -0.970. The van der Waals surface area contributed by atoms with E-state index in [9.17, 15) is 0 Å². The van der Waals surface area contributed by atoms with Crippen molar-refractivity contribution >= 4 is 0 Å². The Morgan fingerprint density at radius 3 is 2.57 bits per heavy atom. The quantitative estimate of drug-likeness (QED) is 0.849. The third-order valence-corrected chi connectivity index (χ3v) is 5.03. The molecule has 0 aliphatic carbocycles. The van der Waals surface area contributed by atoms with Crippen LogP contribution >= 0.6 is 0 Å². The predicted octanol–water partition coefficient (Wildman–Crippen LogP) is 2.16. The molecule has 0 radical (unpaired) electrons. The van der Waals surface area contributed by atoms with E-state index in [0.29, 0.717) is 0 Å². The Bertz CT molecular complexity index is 411. The van der Waals surface area contributed by atoms with E-state index in [1.54, 1.807) is 0 Å². The van der Waals surface area contributed by atoms with Crippen molar-refractivity contribution in [2.75, 3.05) is 33.4 Å². The second-order valence-corrected chi connectivity index (χ2v) is 6.38. The van der Waals surface area contributed by atoms with Crippen molar-refractivity contribution in [2.24, 2.45) is 0 Å². The first-order valence-electron chi connectivity index (χ1n) is 8.24. The summed E-state index contributed by atoms with van der Waals surface area (Å²) in [5.74, 6) is 0. The van der Waals surface area contributed by atoms with Crippen molar-refractivity contribution in [1.82, 2.24) is 14.8 Å². The van der Waals surface area contributed by atoms with Gasteiger partial charge in [0.1, 0.15) is 0 Å².